The average Bonchev–Trinajstić information content (AvgIpc) is 2.36. The van der Waals surface area contributed by atoms with Gasteiger partial charge >= 0.3 is 6.18 Å². The molecule has 0 atom stereocenters. The van der Waals surface area contributed by atoms with Crippen molar-refractivity contribution in [1.82, 2.24) is 4.98 Å². The molecule has 1 N–H and O–H groups in total. The second-order valence-corrected chi connectivity index (χ2v) is 4.11. The van der Waals surface area contributed by atoms with E-state index in [1.54, 1.807) is 24.3 Å². The maximum Gasteiger partial charge on any atom is 0.405 e. The van der Waals surface area contributed by atoms with Gasteiger partial charge in [0, 0.05) is 23.8 Å². The van der Waals surface area contributed by atoms with E-state index in [-0.39, 0.29) is 13.2 Å². The van der Waals surface area contributed by atoms with Gasteiger partial charge in [-0.25, -0.2) is 0 Å². The zero-order valence-corrected chi connectivity index (χ0v) is 10.1. The molecule has 0 unspecified atom stereocenters. The van der Waals surface area contributed by atoms with Gasteiger partial charge in [0.15, 0.2) is 0 Å². The monoisotopic (exact) mass is 270 g/mol. The van der Waals surface area contributed by atoms with Gasteiger partial charge in [-0.2, -0.15) is 13.2 Å². The van der Waals surface area contributed by atoms with Crippen LogP contribution < -0.4 is 4.90 Å². The molecule has 0 fully saturated rings. The van der Waals surface area contributed by atoms with Crippen LogP contribution in [-0.2, 0) is 0 Å². The summed E-state index contributed by atoms with van der Waals surface area (Å²) in [5.74, 6) is 0. The summed E-state index contributed by atoms with van der Waals surface area (Å²) in [6.45, 7) is -1.51. The van der Waals surface area contributed by atoms with Crippen molar-refractivity contribution in [3.05, 3.63) is 36.5 Å². The largest absolute Gasteiger partial charge is 0.405 e. The van der Waals surface area contributed by atoms with Gasteiger partial charge in [-0.05, 0) is 12.1 Å². The molecule has 1 aromatic carbocycles. The van der Waals surface area contributed by atoms with Crippen LogP contribution in [0.5, 0.6) is 0 Å². The summed E-state index contributed by atoms with van der Waals surface area (Å²) in [6, 6.07) is 8.52. The molecule has 0 aliphatic carbocycles. The van der Waals surface area contributed by atoms with Gasteiger partial charge in [-0.3, -0.25) is 4.98 Å². The number of pyridine rings is 1. The maximum atomic E-state index is 12.6. The molecule has 0 amide bonds. The first-order chi connectivity index (χ1) is 9.01. The number of halogens is 3. The highest BCUT2D eigenvalue weighted by Crippen LogP contribution is 2.27. The lowest BCUT2D eigenvalue weighted by Gasteiger charge is -2.26. The summed E-state index contributed by atoms with van der Waals surface area (Å²) >= 11 is 0. The quantitative estimate of drug-likeness (QED) is 0.927. The smallest absolute Gasteiger partial charge is 0.395 e. The van der Waals surface area contributed by atoms with Gasteiger partial charge in [-0.1, -0.05) is 18.2 Å². The van der Waals surface area contributed by atoms with Gasteiger partial charge in [0.05, 0.1) is 12.1 Å². The highest BCUT2D eigenvalue weighted by atomic mass is 19.4. The molecular formula is C13H13F3N2O. The van der Waals surface area contributed by atoms with Crippen molar-refractivity contribution in [2.75, 3.05) is 24.6 Å². The topological polar surface area (TPSA) is 36.4 Å². The summed E-state index contributed by atoms with van der Waals surface area (Å²) in [6.07, 6.45) is -2.85. The number of alkyl halides is 3. The Kier molecular flexibility index (Phi) is 3.90. The Morgan fingerprint density at radius 1 is 1.16 bits per heavy atom. The molecule has 0 aliphatic heterocycles. The SMILES string of the molecule is OCCN(CC(F)(F)F)c1ccnc2ccccc12. The first-order valence-electron chi connectivity index (χ1n) is 5.77. The molecule has 2 rings (SSSR count). The number of anilines is 1. The standard InChI is InChI=1S/C13H13F3N2O/c14-13(15,16)9-18(7-8-19)12-5-6-17-11-4-2-1-3-10(11)12/h1-6,19H,7-9H2. The Bertz CT molecular complexity index is 552. The van der Waals surface area contributed by atoms with Gasteiger partial charge in [0.25, 0.3) is 0 Å². The Hall–Kier alpha value is -1.82. The number of aliphatic hydroxyl groups excluding tert-OH is 1. The number of fused-ring (bicyclic) bond motifs is 1. The lowest BCUT2D eigenvalue weighted by Crippen LogP contribution is -2.36. The van der Waals surface area contributed by atoms with E-state index in [4.69, 9.17) is 5.11 Å². The van der Waals surface area contributed by atoms with E-state index in [9.17, 15) is 13.2 Å². The third kappa shape index (κ3) is 3.35. The molecule has 0 saturated carbocycles. The fourth-order valence-electron chi connectivity index (χ4n) is 1.98. The fourth-order valence-corrected chi connectivity index (χ4v) is 1.98. The normalized spacial score (nSPS) is 11.8. The van der Waals surface area contributed by atoms with Crippen molar-refractivity contribution in [1.29, 1.82) is 0 Å². The maximum absolute atomic E-state index is 12.6. The van der Waals surface area contributed by atoms with E-state index in [0.717, 1.165) is 4.90 Å². The van der Waals surface area contributed by atoms with Gasteiger partial charge < -0.3 is 10.0 Å². The van der Waals surface area contributed by atoms with E-state index < -0.39 is 12.7 Å². The lowest BCUT2D eigenvalue weighted by molar-refractivity contribution is -0.119. The molecule has 0 bridgehead atoms. The van der Waals surface area contributed by atoms with Gasteiger partial charge in [-0.15, -0.1) is 0 Å². The average molecular weight is 270 g/mol. The highest BCUT2D eigenvalue weighted by molar-refractivity contribution is 5.91. The number of para-hydroxylation sites is 1. The van der Waals surface area contributed by atoms with Crippen molar-refractivity contribution < 1.29 is 18.3 Å². The summed E-state index contributed by atoms with van der Waals surface area (Å²) in [5.41, 5.74) is 1.06. The van der Waals surface area contributed by atoms with Crippen LogP contribution in [0.1, 0.15) is 0 Å². The number of hydrogen-bond donors (Lipinski definition) is 1. The Balaban J connectivity index is 2.44. The Labute approximate surface area is 108 Å². The van der Waals surface area contributed by atoms with Crippen LogP contribution in [0.2, 0.25) is 0 Å². The first kappa shape index (κ1) is 13.6. The summed E-state index contributed by atoms with van der Waals surface area (Å²) in [7, 11) is 0. The van der Waals surface area contributed by atoms with E-state index in [1.165, 1.54) is 12.3 Å². The van der Waals surface area contributed by atoms with Crippen LogP contribution in [0.4, 0.5) is 18.9 Å². The molecular weight excluding hydrogens is 257 g/mol. The molecule has 0 spiro atoms. The molecule has 0 aliphatic rings. The molecule has 1 heterocycles. The lowest BCUT2D eigenvalue weighted by atomic mass is 10.1. The zero-order chi connectivity index (χ0) is 13.9. The molecule has 19 heavy (non-hydrogen) atoms. The summed E-state index contributed by atoms with van der Waals surface area (Å²) in [5, 5.41) is 9.58. The van der Waals surface area contributed by atoms with E-state index >= 15 is 0 Å². The molecule has 0 radical (unpaired) electrons. The van der Waals surface area contributed by atoms with E-state index in [1.807, 2.05) is 0 Å². The Morgan fingerprint density at radius 2 is 1.89 bits per heavy atom. The van der Waals surface area contributed by atoms with E-state index in [0.29, 0.717) is 16.6 Å². The van der Waals surface area contributed by atoms with Crippen LogP contribution in [0.3, 0.4) is 0 Å². The Morgan fingerprint density at radius 3 is 2.58 bits per heavy atom. The highest BCUT2D eigenvalue weighted by Gasteiger charge is 2.31. The van der Waals surface area contributed by atoms with Crippen LogP contribution in [0.25, 0.3) is 10.9 Å². The van der Waals surface area contributed by atoms with Crippen LogP contribution in [0.15, 0.2) is 36.5 Å². The third-order valence-corrected chi connectivity index (χ3v) is 2.71. The summed E-state index contributed by atoms with van der Waals surface area (Å²) in [4.78, 5) is 5.23. The number of rotatable bonds is 4. The predicted octanol–water partition coefficient (Wildman–Crippen LogP) is 2.60. The second kappa shape index (κ2) is 5.44. The van der Waals surface area contributed by atoms with Crippen molar-refractivity contribution in [3.8, 4) is 0 Å². The number of aliphatic hydroxyl groups is 1. The third-order valence-electron chi connectivity index (χ3n) is 2.71. The molecule has 3 nitrogen and oxygen atoms in total. The van der Waals surface area contributed by atoms with Gasteiger partial charge in [0.1, 0.15) is 6.54 Å². The zero-order valence-electron chi connectivity index (χ0n) is 10.1. The second-order valence-electron chi connectivity index (χ2n) is 4.11. The molecule has 0 saturated heterocycles. The molecule has 6 heteroatoms. The van der Waals surface area contributed by atoms with Gasteiger partial charge in [0.2, 0.25) is 0 Å². The molecule has 102 valence electrons. The minimum absolute atomic E-state index is 0.0759. The number of hydrogen-bond acceptors (Lipinski definition) is 3. The van der Waals surface area contributed by atoms with Crippen molar-refractivity contribution >= 4 is 16.6 Å². The van der Waals surface area contributed by atoms with Crippen molar-refractivity contribution in [2.24, 2.45) is 0 Å². The summed E-state index contributed by atoms with van der Waals surface area (Å²) < 4.78 is 37.7. The fraction of sp³-hybridized carbons (Fsp3) is 0.308. The predicted molar refractivity (Wildman–Crippen MR) is 67.1 cm³/mol. The van der Waals surface area contributed by atoms with Crippen LogP contribution in [0, 0.1) is 0 Å². The minimum Gasteiger partial charge on any atom is -0.395 e. The van der Waals surface area contributed by atoms with Crippen LogP contribution >= 0.6 is 0 Å². The first-order valence-corrected chi connectivity index (χ1v) is 5.77. The van der Waals surface area contributed by atoms with Crippen molar-refractivity contribution in [2.45, 2.75) is 6.18 Å². The van der Waals surface area contributed by atoms with E-state index in [2.05, 4.69) is 4.98 Å². The van der Waals surface area contributed by atoms with Crippen LogP contribution in [-0.4, -0.2) is 36.0 Å². The minimum atomic E-state index is -4.32. The number of benzene rings is 1. The molecule has 1 aromatic heterocycles. The van der Waals surface area contributed by atoms with Crippen molar-refractivity contribution in [3.63, 3.8) is 0 Å². The molecule has 2 aromatic rings. The number of aromatic nitrogens is 1. The number of nitrogens with zero attached hydrogens (tertiary/aromatic N) is 2.